The summed E-state index contributed by atoms with van der Waals surface area (Å²) in [5.41, 5.74) is 2.87. The second kappa shape index (κ2) is 9.68. The number of halogens is 1. The van der Waals surface area contributed by atoms with Crippen LogP contribution in [0.4, 0.5) is 15.8 Å². The van der Waals surface area contributed by atoms with Gasteiger partial charge in [-0.25, -0.2) is 4.39 Å². The number of benzene rings is 2. The molecule has 31 heavy (non-hydrogen) atoms. The lowest BCUT2D eigenvalue weighted by Crippen LogP contribution is -2.52. The summed E-state index contributed by atoms with van der Waals surface area (Å²) >= 11 is 0. The van der Waals surface area contributed by atoms with Crippen molar-refractivity contribution in [2.24, 2.45) is 4.99 Å². The summed E-state index contributed by atoms with van der Waals surface area (Å²) in [7, 11) is 1.79. The third-order valence-electron chi connectivity index (χ3n) is 5.77. The molecule has 0 bridgehead atoms. The molecule has 1 amide bonds. The number of hydrogen-bond donors (Lipinski definition) is 2. The Labute approximate surface area is 182 Å². The summed E-state index contributed by atoms with van der Waals surface area (Å²) in [6.45, 7) is 5.65. The maximum absolute atomic E-state index is 14.1. The number of nitrogens with one attached hydrogen (secondary N) is 2. The van der Waals surface area contributed by atoms with Crippen molar-refractivity contribution < 1.29 is 9.18 Å². The van der Waals surface area contributed by atoms with E-state index in [9.17, 15) is 9.18 Å². The molecule has 164 valence electrons. The molecule has 0 spiro atoms. The fourth-order valence-corrected chi connectivity index (χ4v) is 4.06. The van der Waals surface area contributed by atoms with Gasteiger partial charge in [-0.2, -0.15) is 0 Å². The number of hydrogen-bond acceptors (Lipinski definition) is 4. The third-order valence-corrected chi connectivity index (χ3v) is 5.77. The summed E-state index contributed by atoms with van der Waals surface area (Å²) in [6.07, 6.45) is 0. The summed E-state index contributed by atoms with van der Waals surface area (Å²) in [6, 6.07) is 15.2. The van der Waals surface area contributed by atoms with E-state index in [-0.39, 0.29) is 11.7 Å². The molecule has 2 fully saturated rings. The number of para-hydroxylation sites is 1. The molecule has 0 aromatic heterocycles. The predicted molar refractivity (Wildman–Crippen MR) is 122 cm³/mol. The largest absolute Gasteiger partial charge is 0.366 e. The average molecular weight is 425 g/mol. The van der Waals surface area contributed by atoms with Gasteiger partial charge in [-0.3, -0.25) is 9.79 Å². The minimum atomic E-state index is -0.174. The van der Waals surface area contributed by atoms with E-state index in [1.165, 1.54) is 6.07 Å². The van der Waals surface area contributed by atoms with Gasteiger partial charge in [0.25, 0.3) is 0 Å². The van der Waals surface area contributed by atoms with Gasteiger partial charge < -0.3 is 25.3 Å². The van der Waals surface area contributed by atoms with E-state index in [0.29, 0.717) is 25.3 Å². The van der Waals surface area contributed by atoms with Gasteiger partial charge in [0, 0.05) is 58.5 Å². The van der Waals surface area contributed by atoms with Crippen LogP contribution in [0.15, 0.2) is 53.5 Å². The van der Waals surface area contributed by atoms with Gasteiger partial charge in [-0.1, -0.05) is 24.3 Å². The van der Waals surface area contributed by atoms with E-state index >= 15 is 0 Å². The van der Waals surface area contributed by atoms with E-state index in [1.54, 1.807) is 13.1 Å². The average Bonchev–Trinajstić information content (AvgIpc) is 2.81. The SMILES string of the molecule is CN=C(NCc1ccc(N2CCNC(=O)C2)cc1)N1CCN(c2ccccc2F)CC1. The second-order valence-electron chi connectivity index (χ2n) is 7.76. The van der Waals surface area contributed by atoms with Crippen LogP contribution in [-0.2, 0) is 11.3 Å². The number of anilines is 2. The zero-order valence-corrected chi connectivity index (χ0v) is 17.9. The van der Waals surface area contributed by atoms with Crippen LogP contribution >= 0.6 is 0 Å². The number of carbonyl (C=O) groups excluding carboxylic acids is 1. The number of carbonyl (C=O) groups is 1. The quantitative estimate of drug-likeness (QED) is 0.578. The number of rotatable bonds is 4. The molecule has 2 N–H and O–H groups in total. The molecular formula is C23H29FN6O. The first kappa shape index (κ1) is 21.0. The van der Waals surface area contributed by atoms with Crippen LogP contribution in [0.1, 0.15) is 5.56 Å². The Morgan fingerprint density at radius 1 is 1.03 bits per heavy atom. The number of aliphatic imine (C=N–C) groups is 1. The van der Waals surface area contributed by atoms with Crippen molar-refractivity contribution in [3.05, 3.63) is 59.9 Å². The maximum atomic E-state index is 14.1. The van der Waals surface area contributed by atoms with Crippen LogP contribution in [0, 0.1) is 5.82 Å². The summed E-state index contributed by atoms with van der Waals surface area (Å²) in [5.74, 6) is 0.743. The Morgan fingerprint density at radius 3 is 2.45 bits per heavy atom. The van der Waals surface area contributed by atoms with Crippen molar-refractivity contribution in [1.29, 1.82) is 0 Å². The van der Waals surface area contributed by atoms with Crippen molar-refractivity contribution >= 4 is 23.2 Å². The lowest BCUT2D eigenvalue weighted by Gasteiger charge is -2.37. The third kappa shape index (κ3) is 5.07. The van der Waals surface area contributed by atoms with Gasteiger partial charge in [0.15, 0.2) is 5.96 Å². The first-order chi connectivity index (χ1) is 15.1. The zero-order chi connectivity index (χ0) is 21.6. The molecule has 2 aliphatic rings. The van der Waals surface area contributed by atoms with Crippen LogP contribution < -0.4 is 20.4 Å². The number of amides is 1. The molecule has 2 aliphatic heterocycles. The number of nitrogens with zero attached hydrogens (tertiary/aromatic N) is 4. The minimum absolute atomic E-state index is 0.0656. The van der Waals surface area contributed by atoms with E-state index in [1.807, 2.05) is 12.1 Å². The fraction of sp³-hybridized carbons (Fsp3) is 0.391. The van der Waals surface area contributed by atoms with Crippen LogP contribution in [0.3, 0.4) is 0 Å². The molecule has 0 atom stereocenters. The van der Waals surface area contributed by atoms with Crippen LogP contribution in [0.2, 0.25) is 0 Å². The van der Waals surface area contributed by atoms with Gasteiger partial charge in [0.2, 0.25) is 5.91 Å². The van der Waals surface area contributed by atoms with Crippen LogP contribution in [0.5, 0.6) is 0 Å². The first-order valence-corrected chi connectivity index (χ1v) is 10.7. The molecule has 2 aromatic rings. The molecule has 7 nitrogen and oxygen atoms in total. The first-order valence-electron chi connectivity index (χ1n) is 10.7. The zero-order valence-electron chi connectivity index (χ0n) is 17.9. The van der Waals surface area contributed by atoms with E-state index in [0.717, 1.165) is 49.9 Å². The highest BCUT2D eigenvalue weighted by molar-refractivity contribution is 5.82. The highest BCUT2D eigenvalue weighted by Crippen LogP contribution is 2.20. The Bertz CT molecular complexity index is 924. The highest BCUT2D eigenvalue weighted by atomic mass is 19.1. The van der Waals surface area contributed by atoms with E-state index < -0.39 is 0 Å². The normalized spacial score (nSPS) is 17.5. The molecule has 0 radical (unpaired) electrons. The van der Waals surface area contributed by atoms with E-state index in [2.05, 4.69) is 54.6 Å². The summed E-state index contributed by atoms with van der Waals surface area (Å²) < 4.78 is 14.1. The summed E-state index contributed by atoms with van der Waals surface area (Å²) in [4.78, 5) is 22.4. The molecular weight excluding hydrogens is 395 g/mol. The van der Waals surface area contributed by atoms with Crippen molar-refractivity contribution in [1.82, 2.24) is 15.5 Å². The van der Waals surface area contributed by atoms with Crippen molar-refractivity contribution in [2.45, 2.75) is 6.54 Å². The Hall–Kier alpha value is -3.29. The molecule has 8 heteroatoms. The van der Waals surface area contributed by atoms with Crippen molar-refractivity contribution in [3.8, 4) is 0 Å². The minimum Gasteiger partial charge on any atom is -0.366 e. The number of piperazine rings is 2. The molecule has 2 saturated heterocycles. The lowest BCUT2D eigenvalue weighted by atomic mass is 10.2. The monoisotopic (exact) mass is 424 g/mol. The molecule has 0 saturated carbocycles. The van der Waals surface area contributed by atoms with E-state index in [4.69, 9.17) is 0 Å². The summed E-state index contributed by atoms with van der Waals surface area (Å²) in [5, 5.41) is 6.28. The Morgan fingerprint density at radius 2 is 1.77 bits per heavy atom. The van der Waals surface area contributed by atoms with Crippen molar-refractivity contribution in [2.75, 3.05) is 62.7 Å². The van der Waals surface area contributed by atoms with Crippen LogP contribution in [-0.4, -0.2) is 69.6 Å². The standard InChI is InChI=1S/C23H29FN6O/c1-25-23(29-14-12-28(13-15-29)21-5-3-2-4-20(21)24)27-16-18-6-8-19(9-7-18)30-11-10-26-22(31)17-30/h2-9H,10-17H2,1H3,(H,25,27)(H,26,31). The Kier molecular flexibility index (Phi) is 6.54. The Balaban J connectivity index is 1.29. The van der Waals surface area contributed by atoms with Gasteiger partial charge in [-0.05, 0) is 29.8 Å². The smallest absolute Gasteiger partial charge is 0.239 e. The van der Waals surface area contributed by atoms with Crippen molar-refractivity contribution in [3.63, 3.8) is 0 Å². The van der Waals surface area contributed by atoms with Gasteiger partial charge >= 0.3 is 0 Å². The molecule has 0 unspecified atom stereocenters. The van der Waals surface area contributed by atoms with Gasteiger partial charge in [-0.15, -0.1) is 0 Å². The number of guanidine groups is 1. The molecule has 4 rings (SSSR count). The molecule has 2 heterocycles. The maximum Gasteiger partial charge on any atom is 0.239 e. The topological polar surface area (TPSA) is 63.2 Å². The van der Waals surface area contributed by atoms with Gasteiger partial charge in [0.1, 0.15) is 5.82 Å². The molecule has 2 aromatic carbocycles. The molecule has 0 aliphatic carbocycles. The highest BCUT2D eigenvalue weighted by Gasteiger charge is 2.21. The second-order valence-corrected chi connectivity index (χ2v) is 7.76. The lowest BCUT2D eigenvalue weighted by molar-refractivity contribution is -0.120. The van der Waals surface area contributed by atoms with Crippen LogP contribution in [0.25, 0.3) is 0 Å². The fourth-order valence-electron chi connectivity index (χ4n) is 4.06. The van der Waals surface area contributed by atoms with Gasteiger partial charge in [0.05, 0.1) is 12.2 Å². The predicted octanol–water partition coefficient (Wildman–Crippen LogP) is 1.66.